The van der Waals surface area contributed by atoms with Gasteiger partial charge in [-0.15, -0.1) is 0 Å². The highest BCUT2D eigenvalue weighted by Gasteiger charge is 2.62. The Labute approximate surface area is 225 Å². The van der Waals surface area contributed by atoms with E-state index >= 15 is 4.39 Å². The first-order valence-electron chi connectivity index (χ1n) is 11.5. The minimum Gasteiger partial charge on any atom is -0.462 e. The van der Waals surface area contributed by atoms with Gasteiger partial charge in [-0.3, -0.25) is 13.9 Å². The van der Waals surface area contributed by atoms with Crippen LogP contribution in [0.3, 0.4) is 0 Å². The summed E-state index contributed by atoms with van der Waals surface area (Å²) >= 11 is 5.83. The van der Waals surface area contributed by atoms with Gasteiger partial charge in [0.2, 0.25) is 0 Å². The number of hydrogen-bond donors (Lipinski definition) is 3. The van der Waals surface area contributed by atoms with E-state index in [0.717, 1.165) is 6.20 Å². The number of aliphatic hydroxyl groups is 1. The Morgan fingerprint density at radius 3 is 2.56 bits per heavy atom. The number of nitrogen functional groups attached to an aromatic ring is 1. The fraction of sp³-hybridized carbons (Fsp3) is 0.500. The summed E-state index contributed by atoms with van der Waals surface area (Å²) < 4.78 is 78.8. The van der Waals surface area contributed by atoms with Crippen molar-refractivity contribution < 1.29 is 46.2 Å². The number of carbonyl (C=O) groups excluding carboxylic acids is 1. The maximum atomic E-state index is 15.1. The van der Waals surface area contributed by atoms with Gasteiger partial charge in [0.15, 0.2) is 18.0 Å². The Bertz CT molecular complexity index is 1270. The van der Waals surface area contributed by atoms with Crippen LogP contribution >= 0.6 is 19.3 Å². The lowest BCUT2D eigenvalue weighted by Crippen LogP contribution is -2.52. The molecule has 39 heavy (non-hydrogen) atoms. The van der Waals surface area contributed by atoms with Gasteiger partial charge in [-0.1, -0.05) is 29.8 Å². The molecule has 1 aromatic carbocycles. The zero-order valence-electron chi connectivity index (χ0n) is 20.9. The summed E-state index contributed by atoms with van der Waals surface area (Å²) in [6.45, 7) is 3.00. The van der Waals surface area contributed by atoms with E-state index in [0.29, 0.717) is 4.57 Å². The number of alkyl halides is 3. The number of nitrogens with one attached hydrogen (secondary N) is 1. The zero-order chi connectivity index (χ0) is 29.1. The third-order valence-corrected chi connectivity index (χ3v) is 7.39. The molecule has 2 heterocycles. The SMILES string of the molecule is CC(C)OC(=O)C(C)NP(=O)(OCC1(C(F)F)OC(n2cc(Cl)c(N)nc2=O)C(F)C1O)Oc1ccccc1. The molecule has 1 saturated heterocycles. The topological polar surface area (TPSA) is 164 Å². The molecule has 6 atom stereocenters. The Morgan fingerprint density at radius 2 is 1.97 bits per heavy atom. The molecular formula is C22H27ClF3N4O8P. The summed E-state index contributed by atoms with van der Waals surface area (Å²) in [5.74, 6) is -1.29. The molecule has 6 unspecified atom stereocenters. The van der Waals surface area contributed by atoms with E-state index in [1.54, 1.807) is 19.9 Å². The average molecular weight is 599 g/mol. The molecule has 0 saturated carbocycles. The summed E-state index contributed by atoms with van der Waals surface area (Å²) in [5, 5.41) is 12.5. The second kappa shape index (κ2) is 12.2. The number of carbonyl (C=O) groups is 1. The summed E-state index contributed by atoms with van der Waals surface area (Å²) in [4.78, 5) is 27.9. The third-order valence-electron chi connectivity index (χ3n) is 5.48. The molecule has 12 nitrogen and oxygen atoms in total. The number of benzene rings is 1. The van der Waals surface area contributed by atoms with Crippen molar-refractivity contribution in [2.75, 3.05) is 12.3 Å². The Morgan fingerprint density at radius 1 is 1.33 bits per heavy atom. The van der Waals surface area contributed by atoms with Gasteiger partial charge in [-0.2, -0.15) is 10.1 Å². The van der Waals surface area contributed by atoms with Crippen molar-refractivity contribution in [3.05, 3.63) is 52.0 Å². The smallest absolute Gasteiger partial charge is 0.459 e. The predicted molar refractivity (Wildman–Crippen MR) is 132 cm³/mol. The summed E-state index contributed by atoms with van der Waals surface area (Å²) in [6.07, 6.45) is -10.7. The Hall–Kier alpha value is -2.68. The second-order valence-electron chi connectivity index (χ2n) is 8.83. The maximum absolute atomic E-state index is 15.1. The van der Waals surface area contributed by atoms with Gasteiger partial charge >= 0.3 is 19.4 Å². The zero-order valence-corrected chi connectivity index (χ0v) is 22.5. The standard InChI is InChI=1S/C22H27ClF3N4O8P/c1-11(2)36-19(32)12(3)29-39(34,38-13-7-5-4-6-8-13)35-10-22(20(25)26)16(31)15(24)18(37-22)30-9-14(23)17(27)28-21(30)33/h4-9,11-12,15-16,18,20,31H,10H2,1-3H3,(H,29,34)(H2,27,28,33). The van der Waals surface area contributed by atoms with Crippen molar-refractivity contribution >= 4 is 31.1 Å². The number of nitrogens with zero attached hydrogens (tertiary/aromatic N) is 2. The average Bonchev–Trinajstić information content (AvgIpc) is 3.11. The van der Waals surface area contributed by atoms with Crippen LogP contribution in [0.25, 0.3) is 0 Å². The van der Waals surface area contributed by atoms with Crippen molar-refractivity contribution in [1.29, 1.82) is 0 Å². The number of esters is 1. The molecule has 2 aromatic rings. The van der Waals surface area contributed by atoms with Crippen molar-refractivity contribution in [1.82, 2.24) is 14.6 Å². The number of aromatic nitrogens is 2. The van der Waals surface area contributed by atoms with Gasteiger partial charge in [-0.05, 0) is 32.9 Å². The minimum absolute atomic E-state index is 0.0351. The van der Waals surface area contributed by atoms with Crippen LogP contribution in [-0.4, -0.2) is 63.7 Å². The molecule has 1 fully saturated rings. The first-order chi connectivity index (χ1) is 18.2. The number of rotatable bonds is 11. The van der Waals surface area contributed by atoms with Gasteiger partial charge in [0.05, 0.1) is 17.7 Å². The summed E-state index contributed by atoms with van der Waals surface area (Å²) in [5.41, 5.74) is 1.10. The molecule has 4 N–H and O–H groups in total. The molecule has 17 heteroatoms. The lowest BCUT2D eigenvalue weighted by molar-refractivity contribution is -0.192. The van der Waals surface area contributed by atoms with Crippen LogP contribution in [0.15, 0.2) is 41.3 Å². The first kappa shape index (κ1) is 30.9. The van der Waals surface area contributed by atoms with E-state index in [2.05, 4.69) is 10.1 Å². The number of halogens is 4. The van der Waals surface area contributed by atoms with Crippen LogP contribution in [0.4, 0.5) is 19.0 Å². The molecule has 3 rings (SSSR count). The van der Waals surface area contributed by atoms with Crippen LogP contribution in [-0.2, 0) is 23.4 Å². The fourth-order valence-corrected chi connectivity index (χ4v) is 5.20. The minimum atomic E-state index is -4.71. The van der Waals surface area contributed by atoms with Crippen LogP contribution in [0.5, 0.6) is 5.75 Å². The van der Waals surface area contributed by atoms with Gasteiger partial charge in [0, 0.05) is 6.20 Å². The molecule has 0 radical (unpaired) electrons. The molecule has 0 aliphatic carbocycles. The van der Waals surface area contributed by atoms with E-state index in [-0.39, 0.29) is 10.8 Å². The molecule has 1 aromatic heterocycles. The normalized spacial score (nSPS) is 25.4. The Kier molecular flexibility index (Phi) is 9.68. The number of para-hydroxylation sites is 1. The molecule has 216 valence electrons. The molecular weight excluding hydrogens is 572 g/mol. The van der Waals surface area contributed by atoms with Crippen LogP contribution in [0.2, 0.25) is 5.02 Å². The van der Waals surface area contributed by atoms with Crippen molar-refractivity contribution in [2.45, 2.75) is 63.4 Å². The van der Waals surface area contributed by atoms with Crippen LogP contribution in [0.1, 0.15) is 27.0 Å². The van der Waals surface area contributed by atoms with E-state index in [9.17, 15) is 28.0 Å². The first-order valence-corrected chi connectivity index (χ1v) is 13.4. The van der Waals surface area contributed by atoms with Gasteiger partial charge in [0.1, 0.15) is 23.7 Å². The van der Waals surface area contributed by atoms with E-state index in [1.807, 2.05) is 0 Å². The molecule has 1 aliphatic rings. The Balaban J connectivity index is 1.92. The lowest BCUT2D eigenvalue weighted by atomic mass is 9.97. The summed E-state index contributed by atoms with van der Waals surface area (Å²) in [7, 11) is -4.71. The molecule has 0 amide bonds. The molecule has 1 aliphatic heterocycles. The van der Waals surface area contributed by atoms with Crippen molar-refractivity contribution in [3.8, 4) is 5.75 Å². The summed E-state index contributed by atoms with van der Waals surface area (Å²) in [6, 6.07) is 6.07. The van der Waals surface area contributed by atoms with Gasteiger partial charge in [0.25, 0.3) is 6.43 Å². The lowest BCUT2D eigenvalue weighted by Gasteiger charge is -2.32. The second-order valence-corrected chi connectivity index (χ2v) is 10.9. The number of hydrogen-bond acceptors (Lipinski definition) is 10. The van der Waals surface area contributed by atoms with Gasteiger partial charge in [-0.25, -0.2) is 22.5 Å². The molecule has 0 bridgehead atoms. The predicted octanol–water partition coefficient (Wildman–Crippen LogP) is 2.84. The van der Waals surface area contributed by atoms with Gasteiger partial charge < -0.3 is 24.8 Å². The molecule has 0 spiro atoms. The quantitative estimate of drug-likeness (QED) is 0.257. The van der Waals surface area contributed by atoms with E-state index in [4.69, 9.17) is 35.9 Å². The number of aliphatic hydroxyl groups excluding tert-OH is 1. The largest absolute Gasteiger partial charge is 0.462 e. The highest BCUT2D eigenvalue weighted by Crippen LogP contribution is 2.49. The number of ether oxygens (including phenoxy) is 2. The van der Waals surface area contributed by atoms with E-state index in [1.165, 1.54) is 31.2 Å². The number of nitrogens with two attached hydrogens (primary N) is 1. The maximum Gasteiger partial charge on any atom is 0.459 e. The third kappa shape index (κ3) is 6.91. The van der Waals surface area contributed by atoms with Crippen LogP contribution < -0.4 is 21.0 Å². The van der Waals surface area contributed by atoms with Crippen molar-refractivity contribution in [2.24, 2.45) is 0 Å². The highest BCUT2D eigenvalue weighted by molar-refractivity contribution is 7.52. The highest BCUT2D eigenvalue weighted by atomic mass is 35.5. The fourth-order valence-electron chi connectivity index (χ4n) is 3.52. The monoisotopic (exact) mass is 598 g/mol. The number of anilines is 1. The van der Waals surface area contributed by atoms with Crippen LogP contribution in [0, 0.1) is 0 Å². The van der Waals surface area contributed by atoms with Crippen molar-refractivity contribution in [3.63, 3.8) is 0 Å². The van der Waals surface area contributed by atoms with E-state index < -0.39 is 74.5 Å².